The van der Waals surface area contributed by atoms with E-state index in [4.69, 9.17) is 0 Å². The minimum Gasteiger partial charge on any atom is -0.326 e. The van der Waals surface area contributed by atoms with Crippen LogP contribution in [-0.4, -0.2) is 10.8 Å². The number of rotatable bonds is 2. The number of hydrogen-bond acceptors (Lipinski definition) is 3. The Morgan fingerprint density at radius 1 is 1.13 bits per heavy atom. The smallest absolute Gasteiger partial charge is 0.269 e. The molecule has 0 spiro atoms. The number of aryl methyl sites for hydroxylation is 2. The van der Waals surface area contributed by atoms with Gasteiger partial charge in [-0.05, 0) is 47.6 Å². The lowest BCUT2D eigenvalue weighted by atomic mass is 9.83. The first kappa shape index (κ1) is 13.9. The molecule has 0 unspecified atom stereocenters. The van der Waals surface area contributed by atoms with Crippen molar-refractivity contribution in [2.24, 2.45) is 0 Å². The van der Waals surface area contributed by atoms with Gasteiger partial charge in [0.1, 0.15) is 0 Å². The fourth-order valence-electron chi connectivity index (χ4n) is 3.69. The third-order valence-electron chi connectivity index (χ3n) is 4.79. The van der Waals surface area contributed by atoms with Crippen LogP contribution in [0.15, 0.2) is 36.4 Å². The first-order valence-electron chi connectivity index (χ1n) is 7.82. The number of nitro groups is 1. The molecule has 4 rings (SSSR count). The van der Waals surface area contributed by atoms with Gasteiger partial charge in [-0.15, -0.1) is 0 Å². The Bertz CT molecular complexity index is 829. The van der Waals surface area contributed by atoms with E-state index in [0.717, 1.165) is 36.1 Å². The maximum Gasteiger partial charge on any atom is 0.269 e. The number of anilines is 1. The van der Waals surface area contributed by atoms with Gasteiger partial charge in [0.05, 0.1) is 4.92 Å². The van der Waals surface area contributed by atoms with Crippen LogP contribution in [0, 0.1) is 10.1 Å². The van der Waals surface area contributed by atoms with E-state index in [1.165, 1.54) is 17.2 Å². The van der Waals surface area contributed by atoms with Gasteiger partial charge in [0, 0.05) is 30.2 Å². The second-order valence-corrected chi connectivity index (χ2v) is 6.22. The number of nitrogens with one attached hydrogen (secondary N) is 1. The quantitative estimate of drug-likeness (QED) is 0.681. The average Bonchev–Trinajstić information content (AvgIpc) is 2.99. The lowest BCUT2D eigenvalue weighted by Gasteiger charge is -2.27. The maximum atomic E-state index is 12.1. The molecule has 1 aliphatic heterocycles. The molecule has 2 aromatic rings. The van der Waals surface area contributed by atoms with Crippen molar-refractivity contribution in [3.8, 4) is 0 Å². The molecule has 1 amide bonds. The van der Waals surface area contributed by atoms with Crippen LogP contribution in [0.3, 0.4) is 0 Å². The van der Waals surface area contributed by atoms with Crippen molar-refractivity contribution in [3.63, 3.8) is 0 Å². The first-order valence-corrected chi connectivity index (χ1v) is 7.82. The third kappa shape index (κ3) is 2.38. The fourth-order valence-corrected chi connectivity index (χ4v) is 3.69. The summed E-state index contributed by atoms with van der Waals surface area (Å²) in [5.41, 5.74) is 5.48. The molecule has 0 bridgehead atoms. The minimum absolute atomic E-state index is 0.0352. The number of carbonyl (C=O) groups excluding carboxylic acids is 1. The molecule has 0 saturated heterocycles. The van der Waals surface area contributed by atoms with Gasteiger partial charge in [0.15, 0.2) is 0 Å². The summed E-state index contributed by atoms with van der Waals surface area (Å²) >= 11 is 0. The molecule has 0 radical (unpaired) electrons. The Morgan fingerprint density at radius 2 is 1.91 bits per heavy atom. The van der Waals surface area contributed by atoms with Crippen LogP contribution >= 0.6 is 0 Å². The van der Waals surface area contributed by atoms with Gasteiger partial charge >= 0.3 is 0 Å². The lowest BCUT2D eigenvalue weighted by molar-refractivity contribution is -0.384. The largest absolute Gasteiger partial charge is 0.326 e. The SMILES string of the molecule is O=C1C[C@@H](c2cccc([N+](=O)[O-])c2)c2cc3c(cc2N1)CCC3. The highest BCUT2D eigenvalue weighted by Gasteiger charge is 2.29. The van der Waals surface area contributed by atoms with E-state index in [2.05, 4.69) is 17.4 Å². The van der Waals surface area contributed by atoms with Crippen molar-refractivity contribution in [1.29, 1.82) is 0 Å². The molecule has 0 saturated carbocycles. The molecule has 1 N–H and O–H groups in total. The van der Waals surface area contributed by atoms with Crippen molar-refractivity contribution >= 4 is 17.3 Å². The maximum absolute atomic E-state index is 12.1. The van der Waals surface area contributed by atoms with Crippen LogP contribution in [0.4, 0.5) is 11.4 Å². The Balaban J connectivity index is 1.83. The van der Waals surface area contributed by atoms with Crippen molar-refractivity contribution in [1.82, 2.24) is 0 Å². The number of hydrogen-bond donors (Lipinski definition) is 1. The predicted octanol–water partition coefficient (Wildman–Crippen LogP) is 3.56. The van der Waals surface area contributed by atoms with Crippen LogP contribution < -0.4 is 5.32 Å². The monoisotopic (exact) mass is 308 g/mol. The van der Waals surface area contributed by atoms with Crippen molar-refractivity contribution in [3.05, 3.63) is 68.8 Å². The minimum atomic E-state index is -0.393. The first-order chi connectivity index (χ1) is 11.1. The van der Waals surface area contributed by atoms with Gasteiger partial charge in [0.2, 0.25) is 5.91 Å². The number of fused-ring (bicyclic) bond motifs is 2. The van der Waals surface area contributed by atoms with E-state index in [9.17, 15) is 14.9 Å². The summed E-state index contributed by atoms with van der Waals surface area (Å²) in [6.45, 7) is 0. The second kappa shape index (κ2) is 5.19. The number of benzene rings is 2. The van der Waals surface area contributed by atoms with E-state index in [-0.39, 0.29) is 17.5 Å². The predicted molar refractivity (Wildman–Crippen MR) is 86.7 cm³/mol. The van der Waals surface area contributed by atoms with Gasteiger partial charge in [0.25, 0.3) is 5.69 Å². The van der Waals surface area contributed by atoms with Crippen molar-refractivity contribution in [2.75, 3.05) is 5.32 Å². The molecule has 0 aromatic heterocycles. The zero-order valence-electron chi connectivity index (χ0n) is 12.5. The summed E-state index contributed by atoms with van der Waals surface area (Å²) in [6, 6.07) is 10.9. The molecule has 1 aliphatic carbocycles. The molecule has 23 heavy (non-hydrogen) atoms. The second-order valence-electron chi connectivity index (χ2n) is 6.22. The highest BCUT2D eigenvalue weighted by atomic mass is 16.6. The molecule has 0 fully saturated rings. The standard InChI is InChI=1S/C18H16N2O3/c21-18-10-15(13-5-2-6-14(7-13)20(22)23)16-8-11-3-1-4-12(11)9-17(16)19-18/h2,5-9,15H,1,3-4,10H2,(H,19,21)/t15-/m0/s1. The summed E-state index contributed by atoms with van der Waals surface area (Å²) < 4.78 is 0. The van der Waals surface area contributed by atoms with E-state index < -0.39 is 4.92 Å². The number of amides is 1. The van der Waals surface area contributed by atoms with Gasteiger partial charge in [-0.3, -0.25) is 14.9 Å². The van der Waals surface area contributed by atoms with Crippen LogP contribution in [0.1, 0.15) is 41.0 Å². The molecular weight excluding hydrogens is 292 g/mol. The van der Waals surface area contributed by atoms with Crippen molar-refractivity contribution in [2.45, 2.75) is 31.6 Å². The highest BCUT2D eigenvalue weighted by Crippen LogP contribution is 2.40. The number of nitrogens with zero attached hydrogens (tertiary/aromatic N) is 1. The highest BCUT2D eigenvalue weighted by molar-refractivity contribution is 5.95. The molecule has 5 nitrogen and oxygen atoms in total. The van der Waals surface area contributed by atoms with E-state index in [1.54, 1.807) is 12.1 Å². The average molecular weight is 308 g/mol. The summed E-state index contributed by atoms with van der Waals surface area (Å²) in [4.78, 5) is 22.7. The molecule has 1 atom stereocenters. The number of nitro benzene ring substituents is 1. The topological polar surface area (TPSA) is 72.2 Å². The van der Waals surface area contributed by atoms with Gasteiger partial charge in [-0.2, -0.15) is 0 Å². The summed E-state index contributed by atoms with van der Waals surface area (Å²) in [7, 11) is 0. The zero-order chi connectivity index (χ0) is 16.0. The molecule has 2 aliphatic rings. The number of non-ortho nitro benzene ring substituents is 1. The fraction of sp³-hybridized carbons (Fsp3) is 0.278. The Morgan fingerprint density at radius 3 is 2.70 bits per heavy atom. The van der Waals surface area contributed by atoms with Gasteiger partial charge in [-0.25, -0.2) is 0 Å². The van der Waals surface area contributed by atoms with E-state index in [0.29, 0.717) is 6.42 Å². The van der Waals surface area contributed by atoms with Gasteiger partial charge in [-0.1, -0.05) is 18.2 Å². The number of carbonyl (C=O) groups is 1. The van der Waals surface area contributed by atoms with E-state index >= 15 is 0 Å². The Kier molecular flexibility index (Phi) is 3.15. The third-order valence-corrected chi connectivity index (χ3v) is 4.79. The molecule has 1 heterocycles. The summed E-state index contributed by atoms with van der Waals surface area (Å²) in [5.74, 6) is -0.156. The Labute approximate surface area is 133 Å². The summed E-state index contributed by atoms with van der Waals surface area (Å²) in [6.07, 6.45) is 3.60. The van der Waals surface area contributed by atoms with Crippen LogP contribution in [0.25, 0.3) is 0 Å². The molecule has 116 valence electrons. The molecular formula is C18H16N2O3. The van der Waals surface area contributed by atoms with Crippen LogP contribution in [0.2, 0.25) is 0 Å². The van der Waals surface area contributed by atoms with E-state index in [1.807, 2.05) is 6.07 Å². The van der Waals surface area contributed by atoms with Crippen LogP contribution in [-0.2, 0) is 17.6 Å². The Hall–Kier alpha value is -2.69. The molecule has 5 heteroatoms. The van der Waals surface area contributed by atoms with Gasteiger partial charge < -0.3 is 5.32 Å². The lowest BCUT2D eigenvalue weighted by Crippen LogP contribution is -2.24. The molecule has 2 aromatic carbocycles. The zero-order valence-corrected chi connectivity index (χ0v) is 12.5. The van der Waals surface area contributed by atoms with Crippen LogP contribution in [0.5, 0.6) is 0 Å². The normalized spacial score (nSPS) is 19.0. The summed E-state index contributed by atoms with van der Waals surface area (Å²) in [5, 5.41) is 14.0. The van der Waals surface area contributed by atoms with Crippen molar-refractivity contribution < 1.29 is 9.72 Å².